The van der Waals surface area contributed by atoms with Crippen LogP contribution < -0.4 is 14.2 Å². The normalized spacial score (nSPS) is 11.9. The van der Waals surface area contributed by atoms with E-state index in [2.05, 4.69) is 6.92 Å². The minimum absolute atomic E-state index is 0.0548. The van der Waals surface area contributed by atoms with Crippen molar-refractivity contribution in [1.82, 2.24) is 0 Å². The summed E-state index contributed by atoms with van der Waals surface area (Å²) in [5.74, 6) is 1.15. The van der Waals surface area contributed by atoms with Gasteiger partial charge >= 0.3 is 5.97 Å². The topological polar surface area (TPSA) is 85.2 Å². The first kappa shape index (κ1) is 32.7. The maximum Gasteiger partial charge on any atom is 0.311 e. The van der Waals surface area contributed by atoms with E-state index in [0.29, 0.717) is 48.0 Å². The molecule has 6 nitrogen and oxygen atoms in total. The SMILES string of the molecule is CCCCCCCCCCCC(=O)Oc1ccc(C(O)C=Cc2ccc(OCC)cc2O)c(OCc2ccccc2)c1. The highest BCUT2D eigenvalue weighted by atomic mass is 16.5. The third-order valence-electron chi connectivity index (χ3n) is 7.03. The zero-order chi connectivity index (χ0) is 30.0. The molecule has 0 aliphatic heterocycles. The molecule has 0 heterocycles. The predicted molar refractivity (Wildman–Crippen MR) is 168 cm³/mol. The van der Waals surface area contributed by atoms with E-state index in [1.165, 1.54) is 38.5 Å². The second-order valence-corrected chi connectivity index (χ2v) is 10.5. The van der Waals surface area contributed by atoms with Gasteiger partial charge in [0.15, 0.2) is 0 Å². The molecule has 6 heteroatoms. The molecule has 0 spiro atoms. The van der Waals surface area contributed by atoms with E-state index in [4.69, 9.17) is 14.2 Å². The van der Waals surface area contributed by atoms with Gasteiger partial charge in [0.25, 0.3) is 0 Å². The fraction of sp³-hybridized carbons (Fsp3) is 0.417. The van der Waals surface area contributed by atoms with Crippen molar-refractivity contribution in [3.8, 4) is 23.0 Å². The van der Waals surface area contributed by atoms with Crippen molar-refractivity contribution in [2.75, 3.05) is 6.61 Å². The van der Waals surface area contributed by atoms with Crippen LogP contribution in [-0.4, -0.2) is 22.8 Å². The average molecular weight is 575 g/mol. The number of aliphatic hydroxyl groups is 1. The smallest absolute Gasteiger partial charge is 0.311 e. The molecule has 2 N–H and O–H groups in total. The lowest BCUT2D eigenvalue weighted by Crippen LogP contribution is -2.08. The molecule has 1 atom stereocenters. The number of aliphatic hydroxyl groups excluding tert-OH is 1. The van der Waals surface area contributed by atoms with Crippen molar-refractivity contribution in [3.05, 3.63) is 89.5 Å². The third-order valence-corrected chi connectivity index (χ3v) is 7.03. The molecule has 3 aromatic carbocycles. The van der Waals surface area contributed by atoms with Crippen LogP contribution in [-0.2, 0) is 11.4 Å². The Hall–Kier alpha value is -3.77. The molecule has 226 valence electrons. The Bertz CT molecular complexity index is 1240. The Labute approximate surface area is 251 Å². The first-order valence-corrected chi connectivity index (χ1v) is 15.3. The van der Waals surface area contributed by atoms with E-state index in [1.54, 1.807) is 48.6 Å². The van der Waals surface area contributed by atoms with Gasteiger partial charge in [0.05, 0.1) is 6.61 Å². The number of benzene rings is 3. The van der Waals surface area contributed by atoms with Crippen LogP contribution in [0.15, 0.2) is 72.8 Å². The Morgan fingerprint density at radius 1 is 0.810 bits per heavy atom. The van der Waals surface area contributed by atoms with E-state index < -0.39 is 6.10 Å². The Kier molecular flexibility index (Phi) is 14.5. The molecule has 0 aliphatic rings. The standard InChI is InChI=1S/C36H46O6/c1-3-5-6-7-8-9-10-11-15-18-36(39)42-31-22-23-32(35(26-31)41-27-28-16-13-12-14-17-28)33(37)24-20-29-19-21-30(40-4-2)25-34(29)38/h12-14,16-17,19-26,33,37-38H,3-11,15,18,27H2,1-2H3. The van der Waals surface area contributed by atoms with Crippen molar-refractivity contribution < 1.29 is 29.2 Å². The molecule has 3 aromatic rings. The van der Waals surface area contributed by atoms with Gasteiger partial charge in [-0.15, -0.1) is 0 Å². The first-order valence-electron chi connectivity index (χ1n) is 15.3. The number of hydrogen-bond donors (Lipinski definition) is 2. The van der Waals surface area contributed by atoms with Crippen molar-refractivity contribution >= 4 is 12.0 Å². The monoisotopic (exact) mass is 574 g/mol. The molecule has 0 saturated carbocycles. The maximum absolute atomic E-state index is 12.5. The van der Waals surface area contributed by atoms with Crippen LogP contribution in [0.1, 0.15) is 101 Å². The molecule has 1 unspecified atom stereocenters. The minimum Gasteiger partial charge on any atom is -0.507 e. The Balaban J connectivity index is 1.62. The highest BCUT2D eigenvalue weighted by Gasteiger charge is 2.15. The van der Waals surface area contributed by atoms with Gasteiger partial charge in [0.1, 0.15) is 35.7 Å². The van der Waals surface area contributed by atoms with Crippen molar-refractivity contribution in [2.24, 2.45) is 0 Å². The van der Waals surface area contributed by atoms with Gasteiger partial charge in [-0.3, -0.25) is 4.79 Å². The lowest BCUT2D eigenvalue weighted by atomic mass is 10.1. The number of unbranched alkanes of at least 4 members (excludes halogenated alkanes) is 8. The number of carbonyl (C=O) groups is 1. The quantitative estimate of drug-likeness (QED) is 0.0844. The highest BCUT2D eigenvalue weighted by Crippen LogP contribution is 2.33. The zero-order valence-corrected chi connectivity index (χ0v) is 25.1. The lowest BCUT2D eigenvalue weighted by Gasteiger charge is -2.16. The predicted octanol–water partition coefficient (Wildman–Crippen LogP) is 8.94. The van der Waals surface area contributed by atoms with E-state index in [1.807, 2.05) is 37.3 Å². The Morgan fingerprint density at radius 3 is 2.19 bits per heavy atom. The van der Waals surface area contributed by atoms with Crippen molar-refractivity contribution in [2.45, 2.75) is 90.8 Å². The maximum atomic E-state index is 12.5. The molecular weight excluding hydrogens is 528 g/mol. The van der Waals surface area contributed by atoms with Crippen LogP contribution in [0.5, 0.6) is 23.0 Å². The number of esters is 1. The van der Waals surface area contributed by atoms with Crippen LogP contribution >= 0.6 is 0 Å². The molecule has 42 heavy (non-hydrogen) atoms. The molecule has 0 saturated heterocycles. The van der Waals surface area contributed by atoms with Gasteiger partial charge in [0.2, 0.25) is 0 Å². The summed E-state index contributed by atoms with van der Waals surface area (Å²) in [5, 5.41) is 21.4. The van der Waals surface area contributed by atoms with Crippen LogP contribution in [0.3, 0.4) is 0 Å². The number of carbonyl (C=O) groups excluding carboxylic acids is 1. The summed E-state index contributed by atoms with van der Waals surface area (Å²) in [4.78, 5) is 12.5. The summed E-state index contributed by atoms with van der Waals surface area (Å²) >= 11 is 0. The van der Waals surface area contributed by atoms with Gasteiger partial charge in [-0.25, -0.2) is 0 Å². The lowest BCUT2D eigenvalue weighted by molar-refractivity contribution is -0.134. The number of ether oxygens (including phenoxy) is 3. The summed E-state index contributed by atoms with van der Waals surface area (Å²) < 4.78 is 17.1. The zero-order valence-electron chi connectivity index (χ0n) is 25.1. The number of phenolic OH excluding ortho intramolecular Hbond substituents is 1. The van der Waals surface area contributed by atoms with Crippen LogP contribution in [0.25, 0.3) is 6.08 Å². The molecular formula is C36H46O6. The van der Waals surface area contributed by atoms with Crippen LogP contribution in [0.2, 0.25) is 0 Å². The minimum atomic E-state index is -1.02. The van der Waals surface area contributed by atoms with E-state index in [-0.39, 0.29) is 11.7 Å². The number of aromatic hydroxyl groups is 1. The second-order valence-electron chi connectivity index (χ2n) is 10.5. The molecule has 0 aromatic heterocycles. The highest BCUT2D eigenvalue weighted by molar-refractivity contribution is 5.72. The largest absolute Gasteiger partial charge is 0.507 e. The van der Waals surface area contributed by atoms with E-state index >= 15 is 0 Å². The Morgan fingerprint density at radius 2 is 1.50 bits per heavy atom. The second kappa shape index (κ2) is 18.6. The van der Waals surface area contributed by atoms with Crippen molar-refractivity contribution in [3.63, 3.8) is 0 Å². The van der Waals surface area contributed by atoms with E-state index in [0.717, 1.165) is 24.8 Å². The average Bonchev–Trinajstić information content (AvgIpc) is 2.99. The molecule has 0 aliphatic carbocycles. The summed E-state index contributed by atoms with van der Waals surface area (Å²) in [6.07, 6.45) is 13.2. The molecule has 0 bridgehead atoms. The van der Waals surface area contributed by atoms with Crippen LogP contribution in [0.4, 0.5) is 0 Å². The summed E-state index contributed by atoms with van der Waals surface area (Å²) in [5.41, 5.74) is 2.04. The van der Waals surface area contributed by atoms with Gasteiger partial charge in [0, 0.05) is 29.7 Å². The molecule has 0 radical (unpaired) electrons. The summed E-state index contributed by atoms with van der Waals surface area (Å²) in [6, 6.07) is 19.8. The van der Waals surface area contributed by atoms with Gasteiger partial charge in [-0.1, -0.05) is 101 Å². The number of hydrogen-bond acceptors (Lipinski definition) is 6. The third kappa shape index (κ3) is 11.6. The van der Waals surface area contributed by atoms with E-state index in [9.17, 15) is 15.0 Å². The fourth-order valence-electron chi connectivity index (χ4n) is 4.66. The summed E-state index contributed by atoms with van der Waals surface area (Å²) in [6.45, 7) is 4.90. The first-order chi connectivity index (χ1) is 20.5. The van der Waals surface area contributed by atoms with Crippen molar-refractivity contribution in [1.29, 1.82) is 0 Å². The van der Waals surface area contributed by atoms with Gasteiger partial charge in [-0.2, -0.15) is 0 Å². The van der Waals surface area contributed by atoms with Crippen LogP contribution in [0, 0.1) is 0 Å². The number of phenols is 1. The number of rotatable bonds is 19. The summed E-state index contributed by atoms with van der Waals surface area (Å²) in [7, 11) is 0. The molecule has 0 fully saturated rings. The molecule has 0 amide bonds. The molecule has 3 rings (SSSR count). The van der Waals surface area contributed by atoms with Gasteiger partial charge in [-0.05, 0) is 43.2 Å². The van der Waals surface area contributed by atoms with Gasteiger partial charge < -0.3 is 24.4 Å². The fourth-order valence-corrected chi connectivity index (χ4v) is 4.66.